The standard InChI is InChI=1S/C28H24N4O4/c33-25-12-6-4-10-22(25)27(35)30-24(28(36)29-23-11-5-7-13-26(23)34)18-19-14-16-21(17-15-19)32-31-20-8-2-1-3-9-20/h1-17,24,33-34H,18H2,(H,29,36)(H,30,35)/t24-/m0/s1. The van der Waals surface area contributed by atoms with Gasteiger partial charge in [-0.25, -0.2) is 0 Å². The van der Waals surface area contributed by atoms with E-state index in [-0.39, 0.29) is 29.2 Å². The Morgan fingerprint density at radius 2 is 1.28 bits per heavy atom. The van der Waals surface area contributed by atoms with Gasteiger partial charge in [0, 0.05) is 6.42 Å². The van der Waals surface area contributed by atoms with Crippen LogP contribution in [0.25, 0.3) is 0 Å². The number of nitrogens with one attached hydrogen (secondary N) is 2. The highest BCUT2D eigenvalue weighted by atomic mass is 16.3. The van der Waals surface area contributed by atoms with E-state index in [9.17, 15) is 19.8 Å². The highest BCUT2D eigenvalue weighted by molar-refractivity contribution is 6.02. The quantitative estimate of drug-likeness (QED) is 0.197. The summed E-state index contributed by atoms with van der Waals surface area (Å²) in [6, 6.07) is 27.9. The molecule has 0 radical (unpaired) electrons. The molecule has 0 heterocycles. The highest BCUT2D eigenvalue weighted by Gasteiger charge is 2.24. The summed E-state index contributed by atoms with van der Waals surface area (Å²) in [7, 11) is 0. The average molecular weight is 481 g/mol. The van der Waals surface area contributed by atoms with Gasteiger partial charge >= 0.3 is 0 Å². The second-order valence-corrected chi connectivity index (χ2v) is 7.96. The smallest absolute Gasteiger partial charge is 0.255 e. The Morgan fingerprint density at radius 1 is 0.694 bits per heavy atom. The van der Waals surface area contributed by atoms with E-state index in [4.69, 9.17) is 0 Å². The van der Waals surface area contributed by atoms with Crippen LogP contribution in [0.2, 0.25) is 0 Å². The van der Waals surface area contributed by atoms with Gasteiger partial charge in [-0.2, -0.15) is 10.2 Å². The molecule has 0 aliphatic carbocycles. The number of carbonyl (C=O) groups is 2. The number of nitrogens with zero attached hydrogens (tertiary/aromatic N) is 2. The first kappa shape index (κ1) is 24.2. The highest BCUT2D eigenvalue weighted by Crippen LogP contribution is 2.23. The average Bonchev–Trinajstić information content (AvgIpc) is 2.90. The summed E-state index contributed by atoms with van der Waals surface area (Å²) >= 11 is 0. The molecule has 0 bridgehead atoms. The molecule has 0 unspecified atom stereocenters. The number of anilines is 1. The monoisotopic (exact) mass is 480 g/mol. The maximum absolute atomic E-state index is 13.1. The molecule has 36 heavy (non-hydrogen) atoms. The molecule has 0 fully saturated rings. The van der Waals surface area contributed by atoms with Crippen molar-refractivity contribution in [1.29, 1.82) is 0 Å². The van der Waals surface area contributed by atoms with E-state index in [1.807, 2.05) is 30.3 Å². The lowest BCUT2D eigenvalue weighted by atomic mass is 10.0. The molecular formula is C28H24N4O4. The van der Waals surface area contributed by atoms with Gasteiger partial charge < -0.3 is 20.8 Å². The molecular weight excluding hydrogens is 456 g/mol. The minimum Gasteiger partial charge on any atom is -0.507 e. The van der Waals surface area contributed by atoms with E-state index in [1.165, 1.54) is 18.2 Å². The molecule has 0 saturated carbocycles. The lowest BCUT2D eigenvalue weighted by Crippen LogP contribution is -2.45. The number of rotatable bonds is 8. The molecule has 0 spiro atoms. The normalized spacial score (nSPS) is 11.7. The molecule has 2 amide bonds. The molecule has 4 aromatic rings. The van der Waals surface area contributed by atoms with E-state index >= 15 is 0 Å². The van der Waals surface area contributed by atoms with Gasteiger partial charge in [0.25, 0.3) is 5.91 Å². The summed E-state index contributed by atoms with van der Waals surface area (Å²) < 4.78 is 0. The van der Waals surface area contributed by atoms with Gasteiger partial charge in [-0.1, -0.05) is 54.6 Å². The second kappa shape index (κ2) is 11.4. The summed E-state index contributed by atoms with van der Waals surface area (Å²) in [5, 5.41) is 33.8. The minimum atomic E-state index is -0.992. The number of phenolic OH excluding ortho intramolecular Hbond substituents is 2. The fourth-order valence-electron chi connectivity index (χ4n) is 3.45. The number of phenols is 2. The Morgan fingerprint density at radius 3 is 1.94 bits per heavy atom. The van der Waals surface area contributed by atoms with Crippen LogP contribution in [0.15, 0.2) is 113 Å². The van der Waals surface area contributed by atoms with Crippen molar-refractivity contribution in [2.24, 2.45) is 10.2 Å². The number of benzene rings is 4. The third kappa shape index (κ3) is 6.32. The number of amides is 2. The van der Waals surface area contributed by atoms with Gasteiger partial charge in [0.1, 0.15) is 17.5 Å². The molecule has 0 saturated heterocycles. The van der Waals surface area contributed by atoms with Crippen molar-refractivity contribution in [2.75, 3.05) is 5.32 Å². The van der Waals surface area contributed by atoms with Gasteiger partial charge in [-0.3, -0.25) is 9.59 Å². The molecule has 0 aliphatic rings. The number of hydrogen-bond donors (Lipinski definition) is 4. The largest absolute Gasteiger partial charge is 0.507 e. The van der Waals surface area contributed by atoms with E-state index in [1.54, 1.807) is 54.6 Å². The summed E-state index contributed by atoms with van der Waals surface area (Å²) in [6.45, 7) is 0. The summed E-state index contributed by atoms with van der Waals surface area (Å²) in [5.41, 5.74) is 2.41. The fourth-order valence-corrected chi connectivity index (χ4v) is 3.45. The molecule has 4 rings (SSSR count). The molecule has 1 atom stereocenters. The van der Waals surface area contributed by atoms with Crippen molar-refractivity contribution in [2.45, 2.75) is 12.5 Å². The molecule has 8 nitrogen and oxygen atoms in total. The zero-order valence-electron chi connectivity index (χ0n) is 19.2. The Kier molecular flexibility index (Phi) is 7.67. The maximum atomic E-state index is 13.1. The van der Waals surface area contributed by atoms with Crippen LogP contribution >= 0.6 is 0 Å². The van der Waals surface area contributed by atoms with Crippen molar-refractivity contribution >= 4 is 28.9 Å². The Labute approximate surface area is 208 Å². The van der Waals surface area contributed by atoms with Crippen LogP contribution in [-0.4, -0.2) is 28.1 Å². The molecule has 0 aromatic heterocycles. The SMILES string of the molecule is O=C(N[C@@H](Cc1ccc(N=Nc2ccccc2)cc1)C(=O)Nc1ccccc1O)c1ccccc1O. The zero-order chi connectivity index (χ0) is 25.3. The Balaban J connectivity index is 1.52. The number of azo groups is 1. The van der Waals surface area contributed by atoms with Crippen molar-refractivity contribution in [3.63, 3.8) is 0 Å². The Bertz CT molecular complexity index is 1370. The first-order valence-corrected chi connectivity index (χ1v) is 11.2. The predicted octanol–water partition coefficient (Wildman–Crippen LogP) is 5.49. The zero-order valence-corrected chi connectivity index (χ0v) is 19.2. The van der Waals surface area contributed by atoms with Crippen LogP contribution in [0.4, 0.5) is 17.1 Å². The van der Waals surface area contributed by atoms with Gasteiger partial charge in [-0.05, 0) is 54.1 Å². The number of para-hydroxylation sites is 3. The summed E-state index contributed by atoms with van der Waals surface area (Å²) in [4.78, 5) is 26.0. The van der Waals surface area contributed by atoms with Crippen LogP contribution in [0.5, 0.6) is 11.5 Å². The topological polar surface area (TPSA) is 123 Å². The van der Waals surface area contributed by atoms with Crippen molar-refractivity contribution in [1.82, 2.24) is 5.32 Å². The van der Waals surface area contributed by atoms with Crippen LogP contribution in [0.1, 0.15) is 15.9 Å². The predicted molar refractivity (Wildman–Crippen MR) is 137 cm³/mol. The lowest BCUT2D eigenvalue weighted by Gasteiger charge is -2.19. The summed E-state index contributed by atoms with van der Waals surface area (Å²) in [5.74, 6) is -1.40. The first-order chi connectivity index (χ1) is 17.5. The van der Waals surface area contributed by atoms with Gasteiger partial charge in [-0.15, -0.1) is 0 Å². The van der Waals surface area contributed by atoms with E-state index < -0.39 is 17.9 Å². The summed E-state index contributed by atoms with van der Waals surface area (Å²) in [6.07, 6.45) is 0.162. The molecule has 0 aliphatic heterocycles. The number of hydrogen-bond acceptors (Lipinski definition) is 6. The number of carbonyl (C=O) groups excluding carboxylic acids is 2. The van der Waals surface area contributed by atoms with Gasteiger partial charge in [0.05, 0.1) is 22.6 Å². The van der Waals surface area contributed by atoms with Crippen LogP contribution < -0.4 is 10.6 Å². The van der Waals surface area contributed by atoms with E-state index in [0.29, 0.717) is 5.69 Å². The van der Waals surface area contributed by atoms with Crippen molar-refractivity contribution in [3.8, 4) is 11.5 Å². The lowest BCUT2D eigenvalue weighted by molar-refractivity contribution is -0.118. The van der Waals surface area contributed by atoms with Gasteiger partial charge in [0.15, 0.2) is 0 Å². The van der Waals surface area contributed by atoms with Crippen molar-refractivity contribution < 1.29 is 19.8 Å². The maximum Gasteiger partial charge on any atom is 0.255 e. The minimum absolute atomic E-state index is 0.0505. The third-order valence-corrected chi connectivity index (χ3v) is 5.35. The van der Waals surface area contributed by atoms with Crippen molar-refractivity contribution in [3.05, 3.63) is 114 Å². The third-order valence-electron chi connectivity index (χ3n) is 5.35. The van der Waals surface area contributed by atoms with Crippen LogP contribution in [0.3, 0.4) is 0 Å². The second-order valence-electron chi connectivity index (χ2n) is 7.96. The van der Waals surface area contributed by atoms with E-state index in [0.717, 1.165) is 11.3 Å². The van der Waals surface area contributed by atoms with Crippen LogP contribution in [-0.2, 0) is 11.2 Å². The molecule has 4 aromatic carbocycles. The first-order valence-electron chi connectivity index (χ1n) is 11.2. The molecule has 8 heteroatoms. The van der Waals surface area contributed by atoms with E-state index in [2.05, 4.69) is 20.9 Å². The molecule has 4 N–H and O–H groups in total. The Hall–Kier alpha value is -4.98. The van der Waals surface area contributed by atoms with Crippen LogP contribution in [0, 0.1) is 0 Å². The number of aromatic hydroxyl groups is 2. The van der Waals surface area contributed by atoms with Gasteiger partial charge in [0.2, 0.25) is 5.91 Å². The molecule has 180 valence electrons. The fraction of sp³-hybridized carbons (Fsp3) is 0.0714.